The van der Waals surface area contributed by atoms with Crippen LogP contribution in [-0.2, 0) is 23.1 Å². The Balaban J connectivity index is 1.97. The van der Waals surface area contributed by atoms with Crippen molar-refractivity contribution in [2.75, 3.05) is 6.54 Å². The van der Waals surface area contributed by atoms with Gasteiger partial charge in [0.05, 0.1) is 17.7 Å². The molecular weight excluding hydrogens is 310 g/mol. The smallest absolute Gasteiger partial charge is 0.274 e. The average molecular weight is 329 g/mol. The van der Waals surface area contributed by atoms with Crippen LogP contribution in [0.15, 0.2) is 27.2 Å². The maximum Gasteiger partial charge on any atom is 0.274 e. The van der Waals surface area contributed by atoms with Crippen molar-refractivity contribution in [2.45, 2.75) is 38.5 Å². The van der Waals surface area contributed by atoms with Gasteiger partial charge in [0, 0.05) is 11.4 Å². The van der Waals surface area contributed by atoms with E-state index in [2.05, 4.69) is 21.9 Å². The average Bonchev–Trinajstić information content (AvgIpc) is 3.06. The second-order valence-corrected chi connectivity index (χ2v) is 7.22. The molecule has 0 aromatic carbocycles. The molecule has 0 bridgehead atoms. The maximum atomic E-state index is 12.1. The topological polar surface area (TPSA) is 84.2 Å². The third-order valence-electron chi connectivity index (χ3n) is 2.90. The van der Waals surface area contributed by atoms with Gasteiger partial charge in [-0.25, -0.2) is 18.1 Å². The SMILES string of the molecule is CCCNCc1ccc(S(=O)(=O)NCc2scnc2C)o1. The molecule has 0 saturated heterocycles. The second-order valence-electron chi connectivity index (χ2n) is 4.58. The summed E-state index contributed by atoms with van der Waals surface area (Å²) < 4.78 is 32.2. The molecule has 2 aromatic rings. The molecule has 0 aliphatic rings. The van der Waals surface area contributed by atoms with Gasteiger partial charge in [-0.2, -0.15) is 0 Å². The highest BCUT2D eigenvalue weighted by atomic mass is 32.2. The van der Waals surface area contributed by atoms with Gasteiger partial charge >= 0.3 is 0 Å². The van der Waals surface area contributed by atoms with E-state index >= 15 is 0 Å². The molecule has 6 nitrogen and oxygen atoms in total. The van der Waals surface area contributed by atoms with Crippen molar-refractivity contribution in [2.24, 2.45) is 0 Å². The Labute approximate surface area is 128 Å². The molecule has 2 N–H and O–H groups in total. The molecule has 21 heavy (non-hydrogen) atoms. The molecule has 0 aliphatic heterocycles. The van der Waals surface area contributed by atoms with Gasteiger partial charge < -0.3 is 9.73 Å². The van der Waals surface area contributed by atoms with E-state index in [4.69, 9.17) is 4.42 Å². The molecule has 0 fully saturated rings. The van der Waals surface area contributed by atoms with Crippen LogP contribution in [0.5, 0.6) is 0 Å². The zero-order valence-electron chi connectivity index (χ0n) is 12.0. The fraction of sp³-hybridized carbons (Fsp3) is 0.462. The first-order valence-electron chi connectivity index (χ1n) is 6.71. The van der Waals surface area contributed by atoms with Crippen LogP contribution >= 0.6 is 11.3 Å². The minimum atomic E-state index is -3.63. The van der Waals surface area contributed by atoms with Gasteiger partial charge in [-0.05, 0) is 32.0 Å². The fourth-order valence-electron chi connectivity index (χ4n) is 1.71. The lowest BCUT2D eigenvalue weighted by Crippen LogP contribution is -2.22. The molecular formula is C13H19N3O3S2. The largest absolute Gasteiger partial charge is 0.447 e. The van der Waals surface area contributed by atoms with Crippen LogP contribution in [0.4, 0.5) is 0 Å². The highest BCUT2D eigenvalue weighted by Crippen LogP contribution is 2.16. The van der Waals surface area contributed by atoms with Gasteiger partial charge in [0.2, 0.25) is 5.09 Å². The van der Waals surface area contributed by atoms with Crippen molar-refractivity contribution in [3.05, 3.63) is 34.0 Å². The number of nitrogens with one attached hydrogen (secondary N) is 2. The van der Waals surface area contributed by atoms with E-state index in [0.29, 0.717) is 12.3 Å². The Hall–Kier alpha value is -1.22. The highest BCUT2D eigenvalue weighted by Gasteiger charge is 2.19. The van der Waals surface area contributed by atoms with Gasteiger partial charge in [0.25, 0.3) is 10.0 Å². The third-order valence-corrected chi connectivity index (χ3v) is 5.10. The van der Waals surface area contributed by atoms with E-state index in [9.17, 15) is 8.42 Å². The molecule has 0 atom stereocenters. The van der Waals surface area contributed by atoms with Gasteiger partial charge in [0.15, 0.2) is 0 Å². The number of nitrogens with zero attached hydrogens (tertiary/aromatic N) is 1. The van der Waals surface area contributed by atoms with E-state index in [1.807, 2.05) is 6.92 Å². The normalized spacial score (nSPS) is 11.9. The predicted octanol–water partition coefficient (Wildman–Crippen LogP) is 2.02. The van der Waals surface area contributed by atoms with Gasteiger partial charge in [-0.1, -0.05) is 6.92 Å². The standard InChI is InChI=1S/C13H19N3O3S2/c1-3-6-14-7-11-4-5-13(19-11)21(17,18)16-8-12-10(2)15-9-20-12/h4-5,9,14,16H,3,6-8H2,1-2H3. The van der Waals surface area contributed by atoms with E-state index in [1.54, 1.807) is 11.6 Å². The van der Waals surface area contributed by atoms with Gasteiger partial charge in [-0.15, -0.1) is 11.3 Å². The van der Waals surface area contributed by atoms with Crippen LogP contribution in [-0.4, -0.2) is 19.9 Å². The highest BCUT2D eigenvalue weighted by molar-refractivity contribution is 7.89. The first-order valence-corrected chi connectivity index (χ1v) is 9.07. The van der Waals surface area contributed by atoms with Crippen LogP contribution in [0, 0.1) is 6.92 Å². The van der Waals surface area contributed by atoms with Crippen molar-refractivity contribution in [3.8, 4) is 0 Å². The van der Waals surface area contributed by atoms with Gasteiger partial charge in [-0.3, -0.25) is 0 Å². The van der Waals surface area contributed by atoms with Crippen molar-refractivity contribution in [1.82, 2.24) is 15.0 Å². The molecule has 0 spiro atoms. The van der Waals surface area contributed by atoms with E-state index < -0.39 is 10.0 Å². The zero-order chi connectivity index (χ0) is 15.3. The number of hydrogen-bond donors (Lipinski definition) is 2. The molecule has 0 radical (unpaired) electrons. The molecule has 2 aromatic heterocycles. The van der Waals surface area contributed by atoms with Crippen molar-refractivity contribution >= 4 is 21.4 Å². The first-order chi connectivity index (χ1) is 10.0. The van der Waals surface area contributed by atoms with Crippen LogP contribution < -0.4 is 10.0 Å². The molecule has 8 heteroatoms. The second kappa shape index (κ2) is 7.17. The Morgan fingerprint density at radius 1 is 1.33 bits per heavy atom. The predicted molar refractivity (Wildman–Crippen MR) is 81.6 cm³/mol. The summed E-state index contributed by atoms with van der Waals surface area (Å²) in [6, 6.07) is 3.15. The number of aryl methyl sites for hydroxylation is 1. The van der Waals surface area contributed by atoms with Crippen LogP contribution in [0.25, 0.3) is 0 Å². The number of furan rings is 1. The number of thiazole rings is 1. The molecule has 116 valence electrons. The minimum Gasteiger partial charge on any atom is -0.447 e. The monoisotopic (exact) mass is 329 g/mol. The van der Waals surface area contributed by atoms with E-state index in [1.165, 1.54) is 17.4 Å². The van der Waals surface area contributed by atoms with E-state index in [0.717, 1.165) is 23.5 Å². The summed E-state index contributed by atoms with van der Waals surface area (Å²) in [4.78, 5) is 4.99. The molecule has 2 rings (SSSR count). The minimum absolute atomic E-state index is 0.0574. The Kier molecular flexibility index (Phi) is 5.51. The number of hydrogen-bond acceptors (Lipinski definition) is 6. The molecule has 0 aliphatic carbocycles. The zero-order valence-corrected chi connectivity index (χ0v) is 13.7. The summed E-state index contributed by atoms with van der Waals surface area (Å²) in [6.07, 6.45) is 1.02. The van der Waals surface area contributed by atoms with Crippen molar-refractivity contribution < 1.29 is 12.8 Å². The van der Waals surface area contributed by atoms with Crippen molar-refractivity contribution in [3.63, 3.8) is 0 Å². The summed E-state index contributed by atoms with van der Waals surface area (Å²) >= 11 is 1.43. The Bertz CT molecular complexity index is 676. The van der Waals surface area contributed by atoms with E-state index in [-0.39, 0.29) is 11.6 Å². The summed E-state index contributed by atoms with van der Waals surface area (Å²) in [5.41, 5.74) is 2.54. The lowest BCUT2D eigenvalue weighted by Gasteiger charge is -2.03. The summed E-state index contributed by atoms with van der Waals surface area (Å²) in [5.74, 6) is 0.609. The van der Waals surface area contributed by atoms with Crippen LogP contribution in [0.1, 0.15) is 29.7 Å². The summed E-state index contributed by atoms with van der Waals surface area (Å²) in [7, 11) is -3.63. The van der Waals surface area contributed by atoms with Gasteiger partial charge in [0.1, 0.15) is 5.76 Å². The third kappa shape index (κ3) is 4.37. The molecule has 2 heterocycles. The lowest BCUT2D eigenvalue weighted by molar-refractivity contribution is 0.400. The Morgan fingerprint density at radius 3 is 2.81 bits per heavy atom. The molecule has 0 amide bonds. The summed E-state index contributed by atoms with van der Waals surface area (Å²) in [5, 5.41) is 3.10. The number of aromatic nitrogens is 1. The van der Waals surface area contributed by atoms with Crippen LogP contribution in [0.2, 0.25) is 0 Å². The molecule has 0 saturated carbocycles. The maximum absolute atomic E-state index is 12.1. The quantitative estimate of drug-likeness (QED) is 0.724. The van der Waals surface area contributed by atoms with Crippen LogP contribution in [0.3, 0.4) is 0 Å². The number of rotatable bonds is 8. The Morgan fingerprint density at radius 2 is 2.14 bits per heavy atom. The van der Waals surface area contributed by atoms with Crippen molar-refractivity contribution in [1.29, 1.82) is 0 Å². The number of sulfonamides is 1. The fourth-order valence-corrected chi connectivity index (χ4v) is 3.46. The first kappa shape index (κ1) is 16.2. The summed E-state index contributed by atoms with van der Waals surface area (Å²) in [6.45, 7) is 5.53. The lowest BCUT2D eigenvalue weighted by atomic mass is 10.4. The molecule has 0 unspecified atom stereocenters.